The number of hydrogen-bond donors (Lipinski definition) is 0. The molecule has 1 aromatic carbocycles. The molecule has 0 radical (unpaired) electrons. The molecule has 2 heterocycles. The van der Waals surface area contributed by atoms with Crippen LogP contribution in [0.15, 0.2) is 48.7 Å². The second-order valence-electron chi connectivity index (χ2n) is 5.13. The summed E-state index contributed by atoms with van der Waals surface area (Å²) in [7, 11) is 0. The zero-order chi connectivity index (χ0) is 12.9. The Morgan fingerprint density at radius 3 is 2.84 bits per heavy atom. The van der Waals surface area contributed by atoms with Crippen molar-refractivity contribution in [2.24, 2.45) is 0 Å². The van der Waals surface area contributed by atoms with Crippen molar-refractivity contribution in [3.05, 3.63) is 65.5 Å². The van der Waals surface area contributed by atoms with E-state index in [0.29, 0.717) is 0 Å². The van der Waals surface area contributed by atoms with E-state index in [4.69, 9.17) is 4.74 Å². The van der Waals surface area contributed by atoms with E-state index in [0.717, 1.165) is 29.7 Å². The van der Waals surface area contributed by atoms with Crippen LogP contribution < -0.4 is 0 Å². The van der Waals surface area contributed by atoms with Crippen molar-refractivity contribution in [1.29, 1.82) is 0 Å². The van der Waals surface area contributed by atoms with E-state index in [-0.39, 0.29) is 11.9 Å². The first-order valence-corrected chi connectivity index (χ1v) is 6.53. The Morgan fingerprint density at radius 2 is 2.00 bits per heavy atom. The highest BCUT2D eigenvalue weighted by molar-refractivity contribution is 6.06. The molecule has 0 N–H and O–H groups in total. The molecule has 0 amide bonds. The van der Waals surface area contributed by atoms with Gasteiger partial charge in [0.05, 0.1) is 5.69 Å². The van der Waals surface area contributed by atoms with Gasteiger partial charge in [-0.2, -0.15) is 0 Å². The van der Waals surface area contributed by atoms with Crippen LogP contribution in [0.4, 0.5) is 0 Å². The summed E-state index contributed by atoms with van der Waals surface area (Å²) < 4.78 is 5.79. The average molecular weight is 251 g/mol. The quantitative estimate of drug-likeness (QED) is 0.732. The van der Waals surface area contributed by atoms with Crippen LogP contribution in [0.1, 0.15) is 34.1 Å². The number of benzene rings is 1. The predicted molar refractivity (Wildman–Crippen MR) is 69.9 cm³/mol. The second-order valence-corrected chi connectivity index (χ2v) is 5.13. The first-order valence-electron chi connectivity index (χ1n) is 6.53. The zero-order valence-electron chi connectivity index (χ0n) is 10.4. The van der Waals surface area contributed by atoms with Crippen molar-refractivity contribution in [1.82, 2.24) is 4.98 Å². The molecular weight excluding hydrogens is 238 g/mol. The molecule has 4 rings (SSSR count). The van der Waals surface area contributed by atoms with E-state index in [1.54, 1.807) is 6.20 Å². The minimum atomic E-state index is -0.650. The fraction of sp³-hybridized carbons (Fsp3) is 0.250. The lowest BCUT2D eigenvalue weighted by Crippen LogP contribution is -2.31. The highest BCUT2D eigenvalue weighted by Gasteiger charge is 2.64. The predicted octanol–water partition coefficient (Wildman–Crippen LogP) is 2.72. The van der Waals surface area contributed by atoms with Gasteiger partial charge >= 0.3 is 0 Å². The van der Waals surface area contributed by atoms with E-state index < -0.39 is 5.60 Å². The maximum atomic E-state index is 12.6. The van der Waals surface area contributed by atoms with Gasteiger partial charge in [-0.25, -0.2) is 0 Å². The van der Waals surface area contributed by atoms with Crippen LogP contribution in [0.5, 0.6) is 0 Å². The number of pyridine rings is 1. The fourth-order valence-corrected chi connectivity index (χ4v) is 2.99. The normalized spacial score (nSPS) is 28.2. The van der Waals surface area contributed by atoms with Crippen LogP contribution in [-0.4, -0.2) is 16.4 Å². The van der Waals surface area contributed by atoms with Gasteiger partial charge in [0.2, 0.25) is 0 Å². The number of aryl methyl sites for hydroxylation is 1. The van der Waals surface area contributed by atoms with Crippen LogP contribution in [0.3, 0.4) is 0 Å². The molecule has 0 bridgehead atoms. The first kappa shape index (κ1) is 10.9. The third kappa shape index (κ3) is 1.48. The molecule has 94 valence electrons. The number of carbonyl (C=O) groups excluding carboxylic acids is 1. The summed E-state index contributed by atoms with van der Waals surface area (Å²) in [5.41, 5.74) is 2.15. The molecule has 1 spiro atoms. The number of epoxide rings is 1. The Balaban J connectivity index is 1.71. The molecule has 19 heavy (non-hydrogen) atoms. The molecule has 2 aromatic rings. The monoisotopic (exact) mass is 251 g/mol. The topological polar surface area (TPSA) is 42.5 Å². The van der Waals surface area contributed by atoms with Gasteiger partial charge < -0.3 is 4.74 Å². The fourth-order valence-electron chi connectivity index (χ4n) is 2.99. The Bertz CT molecular complexity index is 653. The van der Waals surface area contributed by atoms with Gasteiger partial charge in [-0.05, 0) is 30.5 Å². The number of ether oxygens (including phenoxy) is 1. The van der Waals surface area contributed by atoms with Gasteiger partial charge in [0.15, 0.2) is 11.4 Å². The third-order valence-electron chi connectivity index (χ3n) is 4.06. The molecule has 1 aromatic heterocycles. The summed E-state index contributed by atoms with van der Waals surface area (Å²) in [6.07, 6.45) is 3.22. The molecule has 1 saturated heterocycles. The Kier molecular flexibility index (Phi) is 2.15. The zero-order valence-corrected chi connectivity index (χ0v) is 10.4. The molecule has 3 heteroatoms. The highest BCUT2D eigenvalue weighted by atomic mass is 16.6. The van der Waals surface area contributed by atoms with E-state index in [1.165, 1.54) is 0 Å². The molecule has 0 unspecified atom stereocenters. The summed E-state index contributed by atoms with van der Waals surface area (Å²) >= 11 is 0. The number of Topliss-reactive ketones (excluding diaryl/α,β-unsaturated/α-hetero) is 1. The molecule has 2 atom stereocenters. The second kappa shape index (κ2) is 3.75. The van der Waals surface area contributed by atoms with Gasteiger partial charge in [-0.3, -0.25) is 9.78 Å². The Hall–Kier alpha value is -2.00. The lowest BCUT2D eigenvalue weighted by atomic mass is 9.80. The maximum absolute atomic E-state index is 12.6. The van der Waals surface area contributed by atoms with E-state index in [2.05, 4.69) is 4.98 Å². The number of ketones is 1. The van der Waals surface area contributed by atoms with Crippen molar-refractivity contribution in [2.45, 2.75) is 24.5 Å². The van der Waals surface area contributed by atoms with Crippen molar-refractivity contribution >= 4 is 5.78 Å². The van der Waals surface area contributed by atoms with Gasteiger partial charge in [-0.1, -0.05) is 30.3 Å². The molecule has 3 nitrogen and oxygen atoms in total. The summed E-state index contributed by atoms with van der Waals surface area (Å²) in [5, 5.41) is 0. The third-order valence-corrected chi connectivity index (χ3v) is 4.06. The summed E-state index contributed by atoms with van der Waals surface area (Å²) in [5.74, 6) is 0.116. The molecule has 2 aliphatic rings. The summed E-state index contributed by atoms with van der Waals surface area (Å²) in [6, 6.07) is 13.5. The molecular formula is C16H13NO2. The van der Waals surface area contributed by atoms with Gasteiger partial charge in [0.1, 0.15) is 6.10 Å². The van der Waals surface area contributed by atoms with Gasteiger partial charge in [-0.15, -0.1) is 0 Å². The SMILES string of the molecule is O=C1c2ccccc2CC[C@@]12O[C@H]2c1ccccn1. The largest absolute Gasteiger partial charge is 0.351 e. The number of hydrogen-bond acceptors (Lipinski definition) is 3. The number of aromatic nitrogens is 1. The van der Waals surface area contributed by atoms with Crippen LogP contribution in [0, 0.1) is 0 Å². The summed E-state index contributed by atoms with van der Waals surface area (Å²) in [4.78, 5) is 16.9. The molecule has 1 aliphatic carbocycles. The van der Waals surface area contributed by atoms with Crippen LogP contribution in [-0.2, 0) is 11.2 Å². The van der Waals surface area contributed by atoms with Gasteiger partial charge in [0.25, 0.3) is 0 Å². The highest BCUT2D eigenvalue weighted by Crippen LogP contribution is 2.55. The molecule has 1 fully saturated rings. The lowest BCUT2D eigenvalue weighted by Gasteiger charge is -2.20. The number of rotatable bonds is 1. The maximum Gasteiger partial charge on any atom is 0.198 e. The molecule has 0 saturated carbocycles. The Labute approximate surface area is 111 Å². The lowest BCUT2D eigenvalue weighted by molar-refractivity contribution is 0.0850. The van der Waals surface area contributed by atoms with Gasteiger partial charge in [0, 0.05) is 11.8 Å². The minimum Gasteiger partial charge on any atom is -0.351 e. The smallest absolute Gasteiger partial charge is 0.198 e. The standard InChI is InChI=1S/C16H13NO2/c18-14-12-6-2-1-5-11(12)8-9-16(14)15(19-16)13-7-3-4-10-17-13/h1-7,10,15H,8-9H2/t15-,16+/m0/s1. The van der Waals surface area contributed by atoms with E-state index in [1.807, 2.05) is 42.5 Å². The van der Waals surface area contributed by atoms with E-state index >= 15 is 0 Å². The van der Waals surface area contributed by atoms with Crippen molar-refractivity contribution in [3.63, 3.8) is 0 Å². The Morgan fingerprint density at radius 1 is 1.16 bits per heavy atom. The summed E-state index contributed by atoms with van der Waals surface area (Å²) in [6.45, 7) is 0. The van der Waals surface area contributed by atoms with E-state index in [9.17, 15) is 4.79 Å². The van der Waals surface area contributed by atoms with Crippen LogP contribution in [0.25, 0.3) is 0 Å². The minimum absolute atomic E-state index is 0.116. The van der Waals surface area contributed by atoms with Crippen LogP contribution >= 0.6 is 0 Å². The molecule has 1 aliphatic heterocycles. The van der Waals surface area contributed by atoms with Crippen molar-refractivity contribution in [3.8, 4) is 0 Å². The first-order chi connectivity index (χ1) is 9.31. The number of nitrogens with zero attached hydrogens (tertiary/aromatic N) is 1. The van der Waals surface area contributed by atoms with Crippen LogP contribution in [0.2, 0.25) is 0 Å². The number of fused-ring (bicyclic) bond motifs is 1. The average Bonchev–Trinajstić information content (AvgIpc) is 3.20. The van der Waals surface area contributed by atoms with Crippen molar-refractivity contribution in [2.75, 3.05) is 0 Å². The van der Waals surface area contributed by atoms with Crippen molar-refractivity contribution < 1.29 is 9.53 Å². The number of carbonyl (C=O) groups is 1.